The summed E-state index contributed by atoms with van der Waals surface area (Å²) < 4.78 is 12.6. The van der Waals surface area contributed by atoms with Gasteiger partial charge in [-0.15, -0.1) is 0 Å². The summed E-state index contributed by atoms with van der Waals surface area (Å²) in [6.45, 7) is 4.84. The van der Waals surface area contributed by atoms with Crippen molar-refractivity contribution in [2.45, 2.75) is 45.6 Å². The molecule has 3 rings (SSSR count). The fourth-order valence-electron chi connectivity index (χ4n) is 2.96. The molecule has 24 heavy (non-hydrogen) atoms. The van der Waals surface area contributed by atoms with E-state index in [9.17, 15) is 4.79 Å². The standard InChI is InChI=1S/C16H25N5O3/c1-2-3-8-24-15-19-13(17)12-14(20-15)21(16(22)18-12)7-4-11-5-9-23-10-6-11/h11H,2-10H2,1H3,(H,18,22)(H2,17,19,20). The van der Waals surface area contributed by atoms with E-state index < -0.39 is 0 Å². The molecule has 0 bridgehead atoms. The lowest BCUT2D eigenvalue weighted by Gasteiger charge is -2.21. The van der Waals surface area contributed by atoms with Gasteiger partial charge >= 0.3 is 11.7 Å². The van der Waals surface area contributed by atoms with Crippen LogP contribution in [0.4, 0.5) is 5.82 Å². The third-order valence-electron chi connectivity index (χ3n) is 4.46. The second kappa shape index (κ2) is 7.65. The predicted octanol–water partition coefficient (Wildman–Crippen LogP) is 1.70. The minimum atomic E-state index is -0.205. The van der Waals surface area contributed by atoms with Gasteiger partial charge < -0.3 is 20.2 Å². The van der Waals surface area contributed by atoms with Crippen molar-refractivity contribution in [3.63, 3.8) is 0 Å². The lowest BCUT2D eigenvalue weighted by atomic mass is 9.97. The average molecular weight is 335 g/mol. The molecule has 0 unspecified atom stereocenters. The number of hydrogen-bond donors (Lipinski definition) is 2. The van der Waals surface area contributed by atoms with Crippen LogP contribution >= 0.6 is 0 Å². The number of H-pyrrole nitrogens is 1. The minimum absolute atomic E-state index is 0.205. The highest BCUT2D eigenvalue weighted by atomic mass is 16.5. The zero-order valence-corrected chi connectivity index (χ0v) is 14.1. The zero-order chi connectivity index (χ0) is 16.9. The molecule has 0 aromatic carbocycles. The van der Waals surface area contributed by atoms with Crippen molar-refractivity contribution in [1.82, 2.24) is 19.5 Å². The van der Waals surface area contributed by atoms with E-state index in [2.05, 4.69) is 21.9 Å². The molecule has 1 aliphatic rings. The molecular formula is C16H25N5O3. The third-order valence-corrected chi connectivity index (χ3v) is 4.46. The Kier molecular flexibility index (Phi) is 5.34. The maximum absolute atomic E-state index is 12.3. The Balaban J connectivity index is 1.80. The van der Waals surface area contributed by atoms with Crippen LogP contribution in [0.15, 0.2) is 4.79 Å². The largest absolute Gasteiger partial charge is 0.463 e. The molecule has 1 aliphatic heterocycles. The van der Waals surface area contributed by atoms with Crippen molar-refractivity contribution < 1.29 is 9.47 Å². The first-order chi connectivity index (χ1) is 11.7. The second-order valence-corrected chi connectivity index (χ2v) is 6.22. The summed E-state index contributed by atoms with van der Waals surface area (Å²) in [6, 6.07) is 0.229. The molecular weight excluding hydrogens is 310 g/mol. The van der Waals surface area contributed by atoms with Crippen molar-refractivity contribution in [3.05, 3.63) is 10.5 Å². The fourth-order valence-corrected chi connectivity index (χ4v) is 2.96. The van der Waals surface area contributed by atoms with Crippen LogP contribution in [0.25, 0.3) is 11.2 Å². The van der Waals surface area contributed by atoms with Crippen LogP contribution in [0.1, 0.15) is 39.0 Å². The smallest absolute Gasteiger partial charge is 0.327 e. The van der Waals surface area contributed by atoms with E-state index in [-0.39, 0.29) is 17.5 Å². The Hall–Kier alpha value is -2.09. The van der Waals surface area contributed by atoms with E-state index in [1.165, 1.54) is 0 Å². The number of nitrogens with one attached hydrogen (secondary N) is 1. The number of rotatable bonds is 7. The summed E-state index contributed by atoms with van der Waals surface area (Å²) in [7, 11) is 0. The summed E-state index contributed by atoms with van der Waals surface area (Å²) in [5.74, 6) is 0.823. The average Bonchev–Trinajstić information content (AvgIpc) is 2.90. The summed E-state index contributed by atoms with van der Waals surface area (Å²) in [4.78, 5) is 23.5. The number of imidazole rings is 1. The van der Waals surface area contributed by atoms with E-state index in [1.54, 1.807) is 4.57 Å². The van der Waals surface area contributed by atoms with Crippen molar-refractivity contribution in [2.75, 3.05) is 25.6 Å². The van der Waals surface area contributed by atoms with Crippen LogP contribution in [-0.4, -0.2) is 39.3 Å². The highest BCUT2D eigenvalue weighted by molar-refractivity contribution is 5.81. The molecule has 0 atom stereocenters. The maximum atomic E-state index is 12.3. The Morgan fingerprint density at radius 2 is 2.17 bits per heavy atom. The molecule has 1 fully saturated rings. The number of aryl methyl sites for hydroxylation is 1. The van der Waals surface area contributed by atoms with Gasteiger partial charge in [-0.3, -0.25) is 4.57 Å². The van der Waals surface area contributed by atoms with Gasteiger partial charge in [0, 0.05) is 19.8 Å². The second-order valence-electron chi connectivity index (χ2n) is 6.22. The van der Waals surface area contributed by atoms with Gasteiger partial charge in [-0.2, -0.15) is 9.97 Å². The Labute approximate surface area is 140 Å². The highest BCUT2D eigenvalue weighted by Gasteiger charge is 2.18. The van der Waals surface area contributed by atoms with Crippen molar-refractivity contribution in [2.24, 2.45) is 5.92 Å². The quantitative estimate of drug-likeness (QED) is 0.746. The van der Waals surface area contributed by atoms with E-state index in [0.29, 0.717) is 30.2 Å². The van der Waals surface area contributed by atoms with Gasteiger partial charge in [0.1, 0.15) is 5.52 Å². The molecule has 2 aromatic heterocycles. The lowest BCUT2D eigenvalue weighted by molar-refractivity contribution is 0.0626. The molecule has 132 valence electrons. The molecule has 0 radical (unpaired) electrons. The molecule has 0 spiro atoms. The van der Waals surface area contributed by atoms with Gasteiger partial charge in [-0.1, -0.05) is 13.3 Å². The Morgan fingerprint density at radius 1 is 1.38 bits per heavy atom. The first-order valence-electron chi connectivity index (χ1n) is 8.65. The van der Waals surface area contributed by atoms with Gasteiger partial charge in [0.2, 0.25) is 0 Å². The highest BCUT2D eigenvalue weighted by Crippen LogP contribution is 2.21. The molecule has 8 heteroatoms. The summed E-state index contributed by atoms with van der Waals surface area (Å²) in [5.41, 5.74) is 6.75. The third kappa shape index (κ3) is 3.69. The Bertz CT molecular complexity index is 733. The van der Waals surface area contributed by atoms with Crippen LogP contribution in [-0.2, 0) is 11.3 Å². The van der Waals surface area contributed by atoms with Crippen LogP contribution in [0, 0.1) is 5.92 Å². The molecule has 2 aromatic rings. The fraction of sp³-hybridized carbons (Fsp3) is 0.688. The van der Waals surface area contributed by atoms with Crippen molar-refractivity contribution >= 4 is 17.0 Å². The van der Waals surface area contributed by atoms with E-state index in [1.807, 2.05) is 0 Å². The molecule has 3 N–H and O–H groups in total. The molecule has 0 amide bonds. The number of fused-ring (bicyclic) bond motifs is 1. The molecule has 3 heterocycles. The monoisotopic (exact) mass is 335 g/mol. The number of nitrogen functional groups attached to an aromatic ring is 1. The normalized spacial score (nSPS) is 15.9. The minimum Gasteiger partial charge on any atom is -0.463 e. The number of aromatic amines is 1. The number of nitrogens with two attached hydrogens (primary N) is 1. The van der Waals surface area contributed by atoms with E-state index >= 15 is 0 Å². The summed E-state index contributed by atoms with van der Waals surface area (Å²) >= 11 is 0. The zero-order valence-electron chi connectivity index (χ0n) is 14.1. The topological polar surface area (TPSA) is 108 Å². The summed E-state index contributed by atoms with van der Waals surface area (Å²) in [5, 5.41) is 0. The van der Waals surface area contributed by atoms with Crippen molar-refractivity contribution in [1.29, 1.82) is 0 Å². The number of aromatic nitrogens is 4. The Morgan fingerprint density at radius 3 is 2.92 bits per heavy atom. The van der Waals surface area contributed by atoms with Gasteiger partial charge in [-0.05, 0) is 31.6 Å². The van der Waals surface area contributed by atoms with Crippen LogP contribution < -0.4 is 16.2 Å². The maximum Gasteiger partial charge on any atom is 0.327 e. The lowest BCUT2D eigenvalue weighted by Crippen LogP contribution is -2.22. The number of unbranched alkanes of at least 4 members (excludes halogenated alkanes) is 1. The van der Waals surface area contributed by atoms with E-state index in [0.717, 1.165) is 45.3 Å². The van der Waals surface area contributed by atoms with Gasteiger partial charge in [-0.25, -0.2) is 4.79 Å². The van der Waals surface area contributed by atoms with Gasteiger partial charge in [0.15, 0.2) is 11.5 Å². The molecule has 8 nitrogen and oxygen atoms in total. The van der Waals surface area contributed by atoms with Crippen LogP contribution in [0.3, 0.4) is 0 Å². The number of hydrogen-bond acceptors (Lipinski definition) is 6. The van der Waals surface area contributed by atoms with E-state index in [4.69, 9.17) is 15.2 Å². The van der Waals surface area contributed by atoms with Crippen LogP contribution in [0.5, 0.6) is 6.01 Å². The number of ether oxygens (including phenoxy) is 2. The van der Waals surface area contributed by atoms with Crippen molar-refractivity contribution in [3.8, 4) is 6.01 Å². The molecule has 1 saturated heterocycles. The molecule has 0 saturated carbocycles. The summed E-state index contributed by atoms with van der Waals surface area (Å²) in [6.07, 6.45) is 4.95. The first kappa shape index (κ1) is 16.8. The van der Waals surface area contributed by atoms with Crippen LogP contribution in [0.2, 0.25) is 0 Å². The number of anilines is 1. The first-order valence-corrected chi connectivity index (χ1v) is 8.65. The van der Waals surface area contributed by atoms with Gasteiger partial charge in [0.25, 0.3) is 0 Å². The van der Waals surface area contributed by atoms with Gasteiger partial charge in [0.05, 0.1) is 6.61 Å². The molecule has 0 aliphatic carbocycles. The predicted molar refractivity (Wildman–Crippen MR) is 91.1 cm³/mol. The number of nitrogens with zero attached hydrogens (tertiary/aromatic N) is 3. The SMILES string of the molecule is CCCCOc1nc(N)c2[nH]c(=O)n(CCC3CCOCC3)c2n1.